The molecule has 23 heavy (non-hydrogen) atoms. The second-order valence-corrected chi connectivity index (χ2v) is 9.08. The molecule has 2 fully saturated rings. The summed E-state index contributed by atoms with van der Waals surface area (Å²) in [6.45, 7) is 3.04. The average molecular weight is 346 g/mol. The summed E-state index contributed by atoms with van der Waals surface area (Å²) in [5.74, 6) is 0.592. The van der Waals surface area contributed by atoms with E-state index in [0.29, 0.717) is 38.4 Å². The van der Waals surface area contributed by atoms with E-state index in [-0.39, 0.29) is 23.6 Å². The number of amides is 1. The molecule has 3 N–H and O–H groups in total. The topological polar surface area (TPSA) is 92.5 Å². The molecule has 0 aromatic heterocycles. The van der Waals surface area contributed by atoms with Crippen LogP contribution in [0, 0.1) is 11.8 Å². The Morgan fingerprint density at radius 3 is 2.30 bits per heavy atom. The number of sulfonamides is 1. The van der Waals surface area contributed by atoms with Gasteiger partial charge in [0.25, 0.3) is 0 Å². The molecule has 2 aliphatic rings. The van der Waals surface area contributed by atoms with Crippen molar-refractivity contribution in [3.8, 4) is 0 Å². The SMILES string of the molecule is CCS(=O)(=O)N1CCC(C(=O)NC(CN)C2CCCCC2)CC1. The standard InChI is InChI=1S/C16H31N3O3S/c1-2-23(21,22)19-10-8-14(9-11-19)16(20)18-15(12-17)13-6-4-3-5-7-13/h13-15H,2-12,17H2,1H3,(H,18,20). The molecule has 2 rings (SSSR count). The third-order valence-corrected chi connectivity index (χ3v) is 7.26. The van der Waals surface area contributed by atoms with Gasteiger partial charge in [-0.05, 0) is 38.5 Å². The Balaban J connectivity index is 1.84. The molecule has 1 saturated heterocycles. The van der Waals surface area contributed by atoms with Gasteiger partial charge in [0.15, 0.2) is 0 Å². The van der Waals surface area contributed by atoms with Gasteiger partial charge in [-0.1, -0.05) is 19.3 Å². The van der Waals surface area contributed by atoms with Gasteiger partial charge in [0, 0.05) is 31.6 Å². The van der Waals surface area contributed by atoms with E-state index in [1.165, 1.54) is 23.6 Å². The minimum Gasteiger partial charge on any atom is -0.352 e. The second kappa shape index (κ2) is 8.44. The normalized spacial score (nSPS) is 23.6. The fourth-order valence-electron chi connectivity index (χ4n) is 3.79. The molecule has 0 spiro atoms. The number of rotatable bonds is 6. The predicted molar refractivity (Wildman–Crippen MR) is 91.3 cm³/mol. The van der Waals surface area contributed by atoms with E-state index < -0.39 is 10.0 Å². The highest BCUT2D eigenvalue weighted by Crippen LogP contribution is 2.27. The summed E-state index contributed by atoms with van der Waals surface area (Å²) in [6, 6.07) is 0.0696. The summed E-state index contributed by atoms with van der Waals surface area (Å²) in [6.07, 6.45) is 7.24. The number of nitrogens with zero attached hydrogens (tertiary/aromatic N) is 1. The van der Waals surface area contributed by atoms with Crippen molar-refractivity contribution in [3.05, 3.63) is 0 Å². The summed E-state index contributed by atoms with van der Waals surface area (Å²) < 4.78 is 25.3. The lowest BCUT2D eigenvalue weighted by Crippen LogP contribution is -2.50. The summed E-state index contributed by atoms with van der Waals surface area (Å²) in [7, 11) is -3.13. The Morgan fingerprint density at radius 1 is 1.17 bits per heavy atom. The third-order valence-electron chi connectivity index (χ3n) is 5.38. The van der Waals surface area contributed by atoms with Crippen LogP contribution in [0.2, 0.25) is 0 Å². The number of hydrogen-bond acceptors (Lipinski definition) is 4. The van der Waals surface area contributed by atoms with Gasteiger partial charge < -0.3 is 11.1 Å². The Kier molecular flexibility index (Phi) is 6.85. The minimum atomic E-state index is -3.13. The van der Waals surface area contributed by atoms with Crippen LogP contribution in [0.4, 0.5) is 0 Å². The fourth-order valence-corrected chi connectivity index (χ4v) is 4.92. The Morgan fingerprint density at radius 2 is 1.78 bits per heavy atom. The molecule has 0 bridgehead atoms. The monoisotopic (exact) mass is 345 g/mol. The molecule has 1 aliphatic heterocycles. The summed E-state index contributed by atoms with van der Waals surface area (Å²) >= 11 is 0. The first-order chi connectivity index (χ1) is 11.0. The zero-order chi connectivity index (χ0) is 16.9. The zero-order valence-corrected chi connectivity index (χ0v) is 15.0. The average Bonchev–Trinajstić information content (AvgIpc) is 2.60. The van der Waals surface area contributed by atoms with E-state index in [0.717, 1.165) is 12.8 Å². The highest BCUT2D eigenvalue weighted by atomic mass is 32.2. The van der Waals surface area contributed by atoms with Gasteiger partial charge in [-0.15, -0.1) is 0 Å². The molecule has 7 heteroatoms. The van der Waals surface area contributed by atoms with Gasteiger partial charge in [0.2, 0.25) is 15.9 Å². The van der Waals surface area contributed by atoms with Gasteiger partial charge in [-0.2, -0.15) is 0 Å². The van der Waals surface area contributed by atoms with Gasteiger partial charge in [-0.25, -0.2) is 12.7 Å². The van der Waals surface area contributed by atoms with Gasteiger partial charge in [0.05, 0.1) is 5.75 Å². The van der Waals surface area contributed by atoms with Crippen LogP contribution in [0.15, 0.2) is 0 Å². The van der Waals surface area contributed by atoms with Gasteiger partial charge in [-0.3, -0.25) is 4.79 Å². The fraction of sp³-hybridized carbons (Fsp3) is 0.938. The minimum absolute atomic E-state index is 0.0552. The number of carbonyl (C=O) groups excluding carboxylic acids is 1. The van der Waals surface area contributed by atoms with Gasteiger partial charge in [0.1, 0.15) is 0 Å². The summed E-state index contributed by atoms with van der Waals surface area (Å²) in [4.78, 5) is 12.5. The zero-order valence-electron chi connectivity index (χ0n) is 14.2. The maximum atomic E-state index is 12.5. The molecular weight excluding hydrogens is 314 g/mol. The van der Waals surface area contributed by atoms with Gasteiger partial charge >= 0.3 is 0 Å². The predicted octanol–water partition coefficient (Wildman–Crippen LogP) is 1.07. The number of carbonyl (C=O) groups is 1. The highest BCUT2D eigenvalue weighted by molar-refractivity contribution is 7.89. The molecule has 0 aromatic carbocycles. The number of nitrogens with one attached hydrogen (secondary N) is 1. The lowest BCUT2D eigenvalue weighted by molar-refractivity contribution is -0.127. The number of hydrogen-bond donors (Lipinski definition) is 2. The van der Waals surface area contributed by atoms with E-state index in [1.807, 2.05) is 0 Å². The summed E-state index contributed by atoms with van der Waals surface area (Å²) in [5, 5.41) is 3.14. The molecule has 1 heterocycles. The quantitative estimate of drug-likeness (QED) is 0.753. The lowest BCUT2D eigenvalue weighted by Gasteiger charge is -2.34. The van der Waals surface area contributed by atoms with Crippen molar-refractivity contribution in [2.75, 3.05) is 25.4 Å². The van der Waals surface area contributed by atoms with E-state index in [1.54, 1.807) is 6.92 Å². The van der Waals surface area contributed by atoms with Crippen LogP contribution in [0.5, 0.6) is 0 Å². The molecule has 6 nitrogen and oxygen atoms in total. The number of nitrogens with two attached hydrogens (primary N) is 1. The molecule has 134 valence electrons. The summed E-state index contributed by atoms with van der Waals surface area (Å²) in [5.41, 5.74) is 5.88. The molecule has 1 unspecified atom stereocenters. The van der Waals surface area contributed by atoms with E-state index >= 15 is 0 Å². The van der Waals surface area contributed by atoms with E-state index in [4.69, 9.17) is 5.73 Å². The van der Waals surface area contributed by atoms with Crippen LogP contribution in [0.25, 0.3) is 0 Å². The first kappa shape index (κ1) is 18.7. The van der Waals surface area contributed by atoms with E-state index in [2.05, 4.69) is 5.32 Å². The van der Waals surface area contributed by atoms with Crippen LogP contribution >= 0.6 is 0 Å². The second-order valence-electron chi connectivity index (χ2n) is 6.82. The van der Waals surface area contributed by atoms with Crippen molar-refractivity contribution >= 4 is 15.9 Å². The van der Waals surface area contributed by atoms with Crippen molar-refractivity contribution in [2.45, 2.75) is 57.9 Å². The van der Waals surface area contributed by atoms with Crippen molar-refractivity contribution in [2.24, 2.45) is 17.6 Å². The van der Waals surface area contributed by atoms with Crippen LogP contribution < -0.4 is 11.1 Å². The molecule has 1 saturated carbocycles. The van der Waals surface area contributed by atoms with E-state index in [9.17, 15) is 13.2 Å². The molecule has 1 atom stereocenters. The first-order valence-electron chi connectivity index (χ1n) is 8.96. The Bertz CT molecular complexity index is 481. The lowest BCUT2D eigenvalue weighted by atomic mass is 9.83. The number of piperidine rings is 1. The Hall–Kier alpha value is -0.660. The van der Waals surface area contributed by atoms with Crippen LogP contribution in [0.3, 0.4) is 0 Å². The maximum Gasteiger partial charge on any atom is 0.223 e. The van der Waals surface area contributed by atoms with Crippen LogP contribution in [-0.4, -0.2) is 50.1 Å². The van der Waals surface area contributed by atoms with Crippen LogP contribution in [-0.2, 0) is 14.8 Å². The Labute approximate surface area is 140 Å². The molecular formula is C16H31N3O3S. The maximum absolute atomic E-state index is 12.5. The van der Waals surface area contributed by atoms with Crippen molar-refractivity contribution in [3.63, 3.8) is 0 Å². The smallest absolute Gasteiger partial charge is 0.223 e. The molecule has 0 aromatic rings. The highest BCUT2D eigenvalue weighted by Gasteiger charge is 2.32. The van der Waals surface area contributed by atoms with Crippen LogP contribution in [0.1, 0.15) is 51.9 Å². The third kappa shape index (κ3) is 4.90. The first-order valence-corrected chi connectivity index (χ1v) is 10.6. The molecule has 1 amide bonds. The van der Waals surface area contributed by atoms with Crippen molar-refractivity contribution < 1.29 is 13.2 Å². The van der Waals surface area contributed by atoms with Crippen molar-refractivity contribution in [1.29, 1.82) is 0 Å². The largest absolute Gasteiger partial charge is 0.352 e. The molecule has 1 aliphatic carbocycles. The molecule has 0 radical (unpaired) electrons. The van der Waals surface area contributed by atoms with Crippen molar-refractivity contribution in [1.82, 2.24) is 9.62 Å².